The van der Waals surface area contributed by atoms with Crippen LogP contribution in [0.25, 0.3) is 0 Å². The van der Waals surface area contributed by atoms with E-state index in [1.54, 1.807) is 6.26 Å². The first kappa shape index (κ1) is 10.7. The predicted molar refractivity (Wildman–Crippen MR) is 60.7 cm³/mol. The highest BCUT2D eigenvalue weighted by atomic mass is 16.3. The average molecular weight is 208 g/mol. The molecule has 1 saturated heterocycles. The summed E-state index contributed by atoms with van der Waals surface area (Å²) in [5, 5.41) is 3.57. The van der Waals surface area contributed by atoms with E-state index in [4.69, 9.17) is 4.42 Å². The summed E-state index contributed by atoms with van der Waals surface area (Å²) in [5.74, 6) is 0. The highest BCUT2D eigenvalue weighted by molar-refractivity contribution is 5.05. The molecule has 0 unspecified atom stereocenters. The molecule has 0 spiro atoms. The summed E-state index contributed by atoms with van der Waals surface area (Å²) in [4.78, 5) is 2.49. The summed E-state index contributed by atoms with van der Waals surface area (Å²) >= 11 is 0. The number of hydrogen-bond acceptors (Lipinski definition) is 3. The molecule has 1 N–H and O–H groups in total. The van der Waals surface area contributed by atoms with Gasteiger partial charge in [0.05, 0.1) is 12.5 Å². The van der Waals surface area contributed by atoms with Crippen molar-refractivity contribution in [2.24, 2.45) is 0 Å². The van der Waals surface area contributed by atoms with Crippen molar-refractivity contribution in [3.05, 3.63) is 24.2 Å². The van der Waals surface area contributed by atoms with Crippen LogP contribution in [-0.4, -0.2) is 30.1 Å². The molecule has 84 valence electrons. The van der Waals surface area contributed by atoms with Gasteiger partial charge in [0, 0.05) is 24.2 Å². The first-order valence-corrected chi connectivity index (χ1v) is 5.64. The molecular formula is C12H20N2O. The quantitative estimate of drug-likeness (QED) is 0.804. The van der Waals surface area contributed by atoms with Gasteiger partial charge in [0.25, 0.3) is 0 Å². The molecule has 3 nitrogen and oxygen atoms in total. The average Bonchev–Trinajstić information content (AvgIpc) is 2.58. The van der Waals surface area contributed by atoms with E-state index in [9.17, 15) is 0 Å². The molecule has 0 saturated carbocycles. The summed E-state index contributed by atoms with van der Waals surface area (Å²) in [7, 11) is 0. The van der Waals surface area contributed by atoms with Crippen LogP contribution in [-0.2, 0) is 6.54 Å². The summed E-state index contributed by atoms with van der Waals surface area (Å²) in [5.41, 5.74) is 1.49. The van der Waals surface area contributed by atoms with Gasteiger partial charge in [0.1, 0.15) is 0 Å². The SMILES string of the molecule is CC1(C)CN(Cc2ccoc2)CCCN1. The zero-order chi connectivity index (χ0) is 10.7. The third-order valence-corrected chi connectivity index (χ3v) is 2.86. The first-order chi connectivity index (χ1) is 7.16. The summed E-state index contributed by atoms with van der Waals surface area (Å²) in [6.07, 6.45) is 4.81. The third-order valence-electron chi connectivity index (χ3n) is 2.86. The van der Waals surface area contributed by atoms with E-state index in [1.807, 2.05) is 12.3 Å². The van der Waals surface area contributed by atoms with Crippen molar-refractivity contribution in [3.8, 4) is 0 Å². The van der Waals surface area contributed by atoms with E-state index in [0.717, 1.165) is 19.6 Å². The molecule has 15 heavy (non-hydrogen) atoms. The van der Waals surface area contributed by atoms with Gasteiger partial charge in [-0.3, -0.25) is 4.90 Å². The van der Waals surface area contributed by atoms with Crippen molar-refractivity contribution < 1.29 is 4.42 Å². The molecule has 1 aliphatic heterocycles. The highest BCUT2D eigenvalue weighted by Gasteiger charge is 2.23. The fourth-order valence-corrected chi connectivity index (χ4v) is 2.20. The van der Waals surface area contributed by atoms with E-state index >= 15 is 0 Å². The van der Waals surface area contributed by atoms with Gasteiger partial charge in [0.15, 0.2) is 0 Å². The Hall–Kier alpha value is -0.800. The second kappa shape index (κ2) is 4.37. The summed E-state index contributed by atoms with van der Waals surface area (Å²) in [6, 6.07) is 2.05. The smallest absolute Gasteiger partial charge is 0.0947 e. The lowest BCUT2D eigenvalue weighted by Crippen LogP contribution is -2.46. The number of furan rings is 1. The number of nitrogens with one attached hydrogen (secondary N) is 1. The lowest BCUT2D eigenvalue weighted by atomic mass is 10.1. The molecule has 0 bridgehead atoms. The van der Waals surface area contributed by atoms with Crippen LogP contribution in [0.1, 0.15) is 25.8 Å². The van der Waals surface area contributed by atoms with Crippen LogP contribution in [0.3, 0.4) is 0 Å². The van der Waals surface area contributed by atoms with Gasteiger partial charge in [-0.05, 0) is 39.4 Å². The maximum absolute atomic E-state index is 5.10. The molecule has 2 rings (SSSR count). The molecule has 0 aromatic carbocycles. The fraction of sp³-hybridized carbons (Fsp3) is 0.667. The first-order valence-electron chi connectivity index (χ1n) is 5.64. The number of rotatable bonds is 2. The Labute approximate surface area is 91.4 Å². The van der Waals surface area contributed by atoms with E-state index in [1.165, 1.54) is 18.5 Å². The molecule has 1 aromatic rings. The van der Waals surface area contributed by atoms with Crippen molar-refractivity contribution >= 4 is 0 Å². The summed E-state index contributed by atoms with van der Waals surface area (Å²) in [6.45, 7) is 8.91. The fourth-order valence-electron chi connectivity index (χ4n) is 2.20. The van der Waals surface area contributed by atoms with Crippen molar-refractivity contribution in [3.63, 3.8) is 0 Å². The minimum atomic E-state index is 0.222. The molecule has 0 aliphatic carbocycles. The second-order valence-corrected chi connectivity index (χ2v) is 5.01. The topological polar surface area (TPSA) is 28.4 Å². The molecule has 0 radical (unpaired) electrons. The minimum Gasteiger partial charge on any atom is -0.472 e. The second-order valence-electron chi connectivity index (χ2n) is 5.01. The van der Waals surface area contributed by atoms with E-state index in [0.29, 0.717) is 0 Å². The maximum Gasteiger partial charge on any atom is 0.0947 e. The van der Waals surface area contributed by atoms with Crippen LogP contribution in [0.15, 0.2) is 23.0 Å². The Morgan fingerprint density at radius 1 is 1.53 bits per heavy atom. The number of hydrogen-bond donors (Lipinski definition) is 1. The third kappa shape index (κ3) is 3.08. The van der Waals surface area contributed by atoms with Crippen LogP contribution in [0, 0.1) is 0 Å². The Balaban J connectivity index is 1.96. The van der Waals surface area contributed by atoms with E-state index < -0.39 is 0 Å². The van der Waals surface area contributed by atoms with Crippen molar-refractivity contribution in [2.45, 2.75) is 32.4 Å². The van der Waals surface area contributed by atoms with Gasteiger partial charge < -0.3 is 9.73 Å². The van der Waals surface area contributed by atoms with E-state index in [-0.39, 0.29) is 5.54 Å². The molecule has 2 heterocycles. The predicted octanol–water partition coefficient (Wildman–Crippen LogP) is 1.85. The number of nitrogens with zero attached hydrogens (tertiary/aromatic N) is 1. The van der Waals surface area contributed by atoms with Gasteiger partial charge in [-0.15, -0.1) is 0 Å². The molecular weight excluding hydrogens is 188 g/mol. The highest BCUT2D eigenvalue weighted by Crippen LogP contribution is 2.13. The molecule has 1 aromatic heterocycles. The monoisotopic (exact) mass is 208 g/mol. The lowest BCUT2D eigenvalue weighted by molar-refractivity contribution is 0.223. The normalized spacial score (nSPS) is 22.5. The zero-order valence-corrected chi connectivity index (χ0v) is 9.62. The molecule has 3 heteroatoms. The zero-order valence-electron chi connectivity index (χ0n) is 9.62. The lowest BCUT2D eigenvalue weighted by Gasteiger charge is -2.29. The van der Waals surface area contributed by atoms with Crippen LogP contribution in [0.2, 0.25) is 0 Å². The molecule has 0 atom stereocenters. The van der Waals surface area contributed by atoms with E-state index in [2.05, 4.69) is 24.1 Å². The molecule has 1 fully saturated rings. The van der Waals surface area contributed by atoms with Gasteiger partial charge in [-0.25, -0.2) is 0 Å². The van der Waals surface area contributed by atoms with Crippen LogP contribution >= 0.6 is 0 Å². The van der Waals surface area contributed by atoms with Crippen molar-refractivity contribution in [2.75, 3.05) is 19.6 Å². The Morgan fingerprint density at radius 2 is 2.40 bits per heavy atom. The van der Waals surface area contributed by atoms with Crippen molar-refractivity contribution in [1.82, 2.24) is 10.2 Å². The van der Waals surface area contributed by atoms with Gasteiger partial charge in [0.2, 0.25) is 0 Å². The molecule has 1 aliphatic rings. The van der Waals surface area contributed by atoms with Crippen LogP contribution < -0.4 is 5.32 Å². The Bertz CT molecular complexity index is 293. The maximum atomic E-state index is 5.10. The van der Waals surface area contributed by atoms with Gasteiger partial charge in [-0.2, -0.15) is 0 Å². The minimum absolute atomic E-state index is 0.222. The van der Waals surface area contributed by atoms with Crippen LogP contribution in [0.4, 0.5) is 0 Å². The Kier molecular flexibility index (Phi) is 3.12. The van der Waals surface area contributed by atoms with Gasteiger partial charge >= 0.3 is 0 Å². The van der Waals surface area contributed by atoms with Gasteiger partial charge in [-0.1, -0.05) is 0 Å². The van der Waals surface area contributed by atoms with Crippen LogP contribution in [0.5, 0.6) is 0 Å². The largest absolute Gasteiger partial charge is 0.472 e. The standard InChI is InChI=1S/C12H20N2O/c1-12(2)10-14(6-3-5-13-12)8-11-4-7-15-9-11/h4,7,9,13H,3,5-6,8,10H2,1-2H3. The van der Waals surface area contributed by atoms with Crippen molar-refractivity contribution in [1.29, 1.82) is 0 Å². The Morgan fingerprint density at radius 3 is 3.13 bits per heavy atom. The molecule has 0 amide bonds. The summed E-state index contributed by atoms with van der Waals surface area (Å²) < 4.78 is 5.10.